The fourth-order valence-electron chi connectivity index (χ4n) is 4.22. The summed E-state index contributed by atoms with van der Waals surface area (Å²) in [4.78, 5) is 17.0. The molecular formula is C24H34N2O4. The molecule has 1 aliphatic carbocycles. The van der Waals surface area contributed by atoms with E-state index in [9.17, 15) is 9.90 Å². The zero-order valence-corrected chi connectivity index (χ0v) is 18.4. The number of aliphatic hydroxyl groups excluding tert-OH is 1. The molecule has 2 atom stereocenters. The summed E-state index contributed by atoms with van der Waals surface area (Å²) in [5.74, 6) is 1.48. The van der Waals surface area contributed by atoms with Crippen molar-refractivity contribution in [3.8, 4) is 0 Å². The number of β-amino-alcohol motifs (C(OH)–C–C–N with tert-alkyl or cyclic N) is 1. The Balaban J connectivity index is 1.59. The highest BCUT2D eigenvalue weighted by atomic mass is 16.5. The molecule has 0 aromatic carbocycles. The minimum Gasteiger partial charge on any atom is -0.497 e. The molecule has 0 bridgehead atoms. The van der Waals surface area contributed by atoms with Gasteiger partial charge in [-0.05, 0) is 43.4 Å². The van der Waals surface area contributed by atoms with Gasteiger partial charge >= 0.3 is 0 Å². The first-order chi connectivity index (χ1) is 14.4. The number of ether oxygens (including phenoxy) is 2. The summed E-state index contributed by atoms with van der Waals surface area (Å²) in [5, 5.41) is 10.7. The Labute approximate surface area is 179 Å². The van der Waals surface area contributed by atoms with E-state index in [0.29, 0.717) is 42.7 Å². The van der Waals surface area contributed by atoms with E-state index in [2.05, 4.69) is 30.6 Å². The van der Waals surface area contributed by atoms with Crippen LogP contribution in [0.4, 0.5) is 0 Å². The van der Waals surface area contributed by atoms with Crippen LogP contribution in [0.5, 0.6) is 0 Å². The predicted octanol–water partition coefficient (Wildman–Crippen LogP) is 2.79. The van der Waals surface area contributed by atoms with Crippen LogP contribution in [0.25, 0.3) is 0 Å². The minimum atomic E-state index is -0.606. The number of carbonyl (C=O) groups is 1. The molecule has 1 N–H and O–H groups in total. The first-order valence-electron chi connectivity index (χ1n) is 10.7. The van der Waals surface area contributed by atoms with E-state index in [0.717, 1.165) is 25.9 Å². The smallest absolute Gasteiger partial charge is 0.257 e. The molecule has 0 aromatic rings. The number of amides is 1. The number of nitrogens with zero attached hydrogens (tertiary/aromatic N) is 2. The number of carbonyl (C=O) groups excluding carboxylic acids is 1. The van der Waals surface area contributed by atoms with Crippen molar-refractivity contribution in [1.29, 1.82) is 0 Å². The quantitative estimate of drug-likeness (QED) is 0.513. The van der Waals surface area contributed by atoms with Gasteiger partial charge in [-0.15, -0.1) is 0 Å². The molecule has 2 heterocycles. The van der Waals surface area contributed by atoms with Gasteiger partial charge in [-0.25, -0.2) is 0 Å². The molecular weight excluding hydrogens is 380 g/mol. The van der Waals surface area contributed by atoms with E-state index in [4.69, 9.17) is 9.47 Å². The SMILES string of the molecule is C=C(/C=C\C1=C(C)OCCN(CC(O)CN2CCC3=C(CC(C)C=C3)C2)C1=O)OC. The molecule has 0 aromatic heterocycles. The van der Waals surface area contributed by atoms with Crippen LogP contribution in [0.3, 0.4) is 0 Å². The van der Waals surface area contributed by atoms with Crippen LogP contribution in [-0.4, -0.2) is 73.4 Å². The molecule has 0 spiro atoms. The molecule has 3 aliphatic rings. The van der Waals surface area contributed by atoms with Crippen molar-refractivity contribution in [2.75, 3.05) is 46.4 Å². The van der Waals surface area contributed by atoms with Gasteiger partial charge < -0.3 is 19.5 Å². The molecule has 2 aliphatic heterocycles. The Hall–Kier alpha value is -2.31. The molecule has 6 heteroatoms. The van der Waals surface area contributed by atoms with Crippen molar-refractivity contribution in [3.63, 3.8) is 0 Å². The number of methoxy groups -OCH3 is 1. The van der Waals surface area contributed by atoms with Crippen LogP contribution in [-0.2, 0) is 14.3 Å². The second-order valence-corrected chi connectivity index (χ2v) is 8.38. The summed E-state index contributed by atoms with van der Waals surface area (Å²) in [6.45, 7) is 11.3. The topological polar surface area (TPSA) is 62.2 Å². The summed E-state index contributed by atoms with van der Waals surface area (Å²) in [6, 6.07) is 0. The van der Waals surface area contributed by atoms with Crippen molar-refractivity contribution >= 4 is 5.91 Å². The molecule has 0 fully saturated rings. The summed E-state index contributed by atoms with van der Waals surface area (Å²) < 4.78 is 10.7. The fraction of sp³-hybridized carbons (Fsp3) is 0.542. The third-order valence-corrected chi connectivity index (χ3v) is 5.94. The fourth-order valence-corrected chi connectivity index (χ4v) is 4.22. The molecule has 0 saturated heterocycles. The first-order valence-corrected chi connectivity index (χ1v) is 10.7. The zero-order chi connectivity index (χ0) is 21.7. The third kappa shape index (κ3) is 5.64. The van der Waals surface area contributed by atoms with Crippen LogP contribution >= 0.6 is 0 Å². The largest absolute Gasteiger partial charge is 0.497 e. The van der Waals surface area contributed by atoms with Crippen molar-refractivity contribution in [2.24, 2.45) is 5.92 Å². The average molecular weight is 415 g/mol. The Morgan fingerprint density at radius 3 is 3.00 bits per heavy atom. The van der Waals surface area contributed by atoms with E-state index in [1.807, 2.05) is 0 Å². The molecule has 0 radical (unpaired) electrons. The van der Waals surface area contributed by atoms with Crippen LogP contribution in [0, 0.1) is 5.92 Å². The minimum absolute atomic E-state index is 0.140. The maximum atomic E-state index is 13.0. The summed E-state index contributed by atoms with van der Waals surface area (Å²) in [7, 11) is 1.53. The van der Waals surface area contributed by atoms with Crippen molar-refractivity contribution < 1.29 is 19.4 Å². The molecule has 2 unspecified atom stereocenters. The number of hydrogen-bond acceptors (Lipinski definition) is 5. The molecule has 6 nitrogen and oxygen atoms in total. The van der Waals surface area contributed by atoms with E-state index < -0.39 is 6.10 Å². The lowest BCUT2D eigenvalue weighted by molar-refractivity contribution is -0.128. The Morgan fingerprint density at radius 2 is 2.23 bits per heavy atom. The third-order valence-electron chi connectivity index (χ3n) is 5.94. The highest BCUT2D eigenvalue weighted by Gasteiger charge is 2.27. The maximum absolute atomic E-state index is 13.0. The van der Waals surface area contributed by atoms with Gasteiger partial charge in [0.15, 0.2) is 0 Å². The highest BCUT2D eigenvalue weighted by Crippen LogP contribution is 2.29. The first kappa shape index (κ1) is 22.4. The van der Waals surface area contributed by atoms with E-state index in [1.165, 1.54) is 18.3 Å². The molecule has 30 heavy (non-hydrogen) atoms. The summed E-state index contributed by atoms with van der Waals surface area (Å²) in [5.41, 5.74) is 3.43. The lowest BCUT2D eigenvalue weighted by Gasteiger charge is -2.34. The van der Waals surface area contributed by atoms with E-state index >= 15 is 0 Å². The molecule has 3 rings (SSSR count). The number of allylic oxidation sites excluding steroid dienone is 4. The van der Waals surface area contributed by atoms with Crippen LogP contribution < -0.4 is 0 Å². The highest BCUT2D eigenvalue weighted by molar-refractivity contribution is 5.97. The van der Waals surface area contributed by atoms with Gasteiger partial charge in [-0.3, -0.25) is 9.69 Å². The van der Waals surface area contributed by atoms with E-state index in [1.54, 1.807) is 24.0 Å². The molecule has 1 amide bonds. The second-order valence-electron chi connectivity index (χ2n) is 8.38. The summed E-state index contributed by atoms with van der Waals surface area (Å²) >= 11 is 0. The lowest BCUT2D eigenvalue weighted by Crippen LogP contribution is -2.45. The zero-order valence-electron chi connectivity index (χ0n) is 18.4. The van der Waals surface area contributed by atoms with Gasteiger partial charge in [-0.2, -0.15) is 0 Å². The normalized spacial score (nSPS) is 24.1. The van der Waals surface area contributed by atoms with Gasteiger partial charge in [0.25, 0.3) is 5.91 Å². The molecule has 164 valence electrons. The number of rotatable bonds is 7. The van der Waals surface area contributed by atoms with Crippen molar-refractivity contribution in [3.05, 3.63) is 59.1 Å². The second kappa shape index (κ2) is 10.1. The van der Waals surface area contributed by atoms with Crippen LogP contribution in [0.2, 0.25) is 0 Å². The maximum Gasteiger partial charge on any atom is 0.257 e. The monoisotopic (exact) mass is 414 g/mol. The number of aliphatic hydroxyl groups is 1. The standard InChI is InChI=1S/C24H34N2O4/c1-17-5-7-20-9-10-25(14-21(20)13-17)15-22(27)16-26-11-12-30-19(3)23(24(26)28)8-6-18(2)29-4/h5-8,17,22,27H,2,9-16H2,1,3-4H3/b8-6-. The van der Waals surface area contributed by atoms with Gasteiger partial charge in [0.2, 0.25) is 0 Å². The van der Waals surface area contributed by atoms with Gasteiger partial charge in [0, 0.05) is 26.2 Å². The average Bonchev–Trinajstić information content (AvgIpc) is 2.84. The van der Waals surface area contributed by atoms with Crippen LogP contribution in [0.15, 0.2) is 59.1 Å². The van der Waals surface area contributed by atoms with Gasteiger partial charge in [-0.1, -0.05) is 31.2 Å². The van der Waals surface area contributed by atoms with Crippen molar-refractivity contribution in [2.45, 2.75) is 32.8 Å². The summed E-state index contributed by atoms with van der Waals surface area (Å²) in [6.07, 6.45) is 9.41. The lowest BCUT2D eigenvalue weighted by atomic mass is 9.87. The van der Waals surface area contributed by atoms with Gasteiger partial charge in [0.05, 0.1) is 25.3 Å². The van der Waals surface area contributed by atoms with E-state index in [-0.39, 0.29) is 12.5 Å². The van der Waals surface area contributed by atoms with Gasteiger partial charge in [0.1, 0.15) is 18.1 Å². The van der Waals surface area contributed by atoms with Crippen molar-refractivity contribution in [1.82, 2.24) is 9.80 Å². The Kier molecular flexibility index (Phi) is 7.56. The Morgan fingerprint density at radius 1 is 1.43 bits per heavy atom. The predicted molar refractivity (Wildman–Crippen MR) is 118 cm³/mol. The number of hydrogen-bond donors (Lipinski definition) is 1. The molecule has 0 saturated carbocycles. The Bertz CT molecular complexity index is 793. The van der Waals surface area contributed by atoms with Crippen LogP contribution in [0.1, 0.15) is 26.7 Å².